The average molecular weight is 864 g/mol. The number of piperidine rings is 1. The number of hydrogen-bond acceptors (Lipinski definition) is 7. The molecule has 1 saturated heterocycles. The molecule has 0 radical (unpaired) electrons. The lowest BCUT2D eigenvalue weighted by atomic mass is 9.99. The summed E-state index contributed by atoms with van der Waals surface area (Å²) >= 11 is 7.41. The zero-order valence-corrected chi connectivity index (χ0v) is 46.5. The van der Waals surface area contributed by atoms with Crippen LogP contribution >= 0.6 is 23.4 Å². The molecule has 9 heteroatoms. The molecule has 0 aromatic heterocycles. The summed E-state index contributed by atoms with van der Waals surface area (Å²) in [5.74, 6) is 0.833. The lowest BCUT2D eigenvalue weighted by Crippen LogP contribution is -2.44. The van der Waals surface area contributed by atoms with E-state index < -0.39 is 14.6 Å². The smallest absolute Gasteiger partial charge is 0.152 e. The van der Waals surface area contributed by atoms with Gasteiger partial charge in [0.1, 0.15) is 0 Å². The molecule has 1 heterocycles. The zero-order chi connectivity index (χ0) is 48.0. The van der Waals surface area contributed by atoms with Crippen molar-refractivity contribution in [1.82, 2.24) is 4.90 Å². The molecule has 0 amide bonds. The first-order valence-corrected chi connectivity index (χ1v) is 24.1. The predicted octanol–water partition coefficient (Wildman–Crippen LogP) is 15.0. The average Bonchev–Trinajstić information content (AvgIpc) is 2.90. The first kappa shape index (κ1) is 73.5. The SMILES string of the molecule is CC(C)(C)C.CC(C)(C)C#N.CC(C)(C)CO.CC(C)(C)Cl.CC(C)(C)N1CCCCC1.CC(C)(C)S(C)(=O)=O.CC(C)C.COC(C)(C)C.CSC(C)(C)C. The van der Waals surface area contributed by atoms with Gasteiger partial charge in [-0.3, -0.25) is 4.90 Å². The van der Waals surface area contributed by atoms with E-state index in [1.165, 1.54) is 38.6 Å². The first-order chi connectivity index (χ1) is 23.8. The summed E-state index contributed by atoms with van der Waals surface area (Å²) in [6.07, 6.45) is 7.61. The second-order valence-electron chi connectivity index (χ2n) is 23.6. The standard InChI is InChI=1S/C9H19N.C5H9N.C5H12O2S.2C5H12O.C5H12S.C5H12.C4H9Cl.C4H10/c1-9(2,3)10-7-5-4-6-8-10;1-5(2,3)4-6;1-5(2,3)8(4,6)7;1-5(2,3)6-4;1-5(2,3)4-6;1-5(2,3)6-4;1-5(2,3)4;1-4(2,3)5;1-4(2)3/h4-8H2,1-3H3;1-3H3;1-4H3;1-4H3;6H,4H2,1-3H3;1-4H3;1-4H3;1-3H3;4H,1-3H3. The van der Waals surface area contributed by atoms with E-state index in [-0.39, 0.29) is 27.9 Å². The minimum Gasteiger partial charge on any atom is -0.396 e. The van der Waals surface area contributed by atoms with Gasteiger partial charge in [-0.25, -0.2) is 8.42 Å². The number of halogens is 1. The lowest BCUT2D eigenvalue weighted by molar-refractivity contribution is 0.0397. The molecule has 0 aliphatic carbocycles. The minimum atomic E-state index is -2.84. The largest absolute Gasteiger partial charge is 0.396 e. The maximum absolute atomic E-state index is 10.7. The Bertz CT molecular complexity index is 931. The van der Waals surface area contributed by atoms with Crippen LogP contribution in [-0.2, 0) is 14.6 Å². The Morgan fingerprint density at radius 1 is 0.714 bits per heavy atom. The number of likely N-dealkylation sites (tertiary alicyclic amines) is 1. The van der Waals surface area contributed by atoms with Gasteiger partial charge in [-0.05, 0) is 153 Å². The number of methoxy groups -OCH3 is 1. The molecule has 0 spiro atoms. The van der Waals surface area contributed by atoms with Crippen molar-refractivity contribution in [2.45, 2.75) is 239 Å². The van der Waals surface area contributed by atoms with E-state index in [0.717, 1.165) is 5.92 Å². The van der Waals surface area contributed by atoms with Crippen molar-refractivity contribution in [3.8, 4) is 6.07 Å². The van der Waals surface area contributed by atoms with E-state index in [2.05, 4.69) is 107 Å². The molecule has 0 saturated carbocycles. The fourth-order valence-electron chi connectivity index (χ4n) is 1.56. The number of aliphatic hydroxyl groups excluding tert-OH is 1. The van der Waals surface area contributed by atoms with Crippen LogP contribution in [0.3, 0.4) is 0 Å². The third kappa shape index (κ3) is 124. The van der Waals surface area contributed by atoms with Gasteiger partial charge in [-0.1, -0.05) is 96.4 Å². The van der Waals surface area contributed by atoms with Crippen molar-refractivity contribution in [2.75, 3.05) is 39.3 Å². The maximum Gasteiger partial charge on any atom is 0.152 e. The van der Waals surface area contributed by atoms with Gasteiger partial charge in [-0.2, -0.15) is 17.0 Å². The number of aliphatic hydroxyl groups is 1. The van der Waals surface area contributed by atoms with Gasteiger partial charge in [0.05, 0.1) is 16.4 Å². The van der Waals surface area contributed by atoms with Gasteiger partial charge in [-0.15, -0.1) is 11.6 Å². The Kier molecular flexibility index (Phi) is 44.2. The minimum absolute atomic E-state index is 0.0278. The number of alkyl halides is 1. The van der Waals surface area contributed by atoms with E-state index in [1.807, 2.05) is 94.8 Å². The van der Waals surface area contributed by atoms with Gasteiger partial charge in [0.25, 0.3) is 0 Å². The summed E-state index contributed by atoms with van der Waals surface area (Å²) in [4.78, 5) is 2.55. The molecular weight excluding hydrogens is 756 g/mol. The Labute approximate surface area is 366 Å². The highest BCUT2D eigenvalue weighted by molar-refractivity contribution is 7.99. The Morgan fingerprint density at radius 2 is 0.893 bits per heavy atom. The van der Waals surface area contributed by atoms with E-state index in [0.29, 0.717) is 15.7 Å². The van der Waals surface area contributed by atoms with Crippen molar-refractivity contribution in [3.63, 3.8) is 0 Å². The molecule has 56 heavy (non-hydrogen) atoms. The highest BCUT2D eigenvalue weighted by Gasteiger charge is 2.23. The number of nitriles is 1. The van der Waals surface area contributed by atoms with Crippen molar-refractivity contribution >= 4 is 33.2 Å². The normalized spacial score (nSPS) is 13.9. The summed E-state index contributed by atoms with van der Waals surface area (Å²) in [6.45, 7) is 60.3. The Balaban J connectivity index is -0.0000000782. The molecule has 0 atom stereocenters. The molecular formula is C47H107ClN2O4S2. The van der Waals surface area contributed by atoms with E-state index >= 15 is 0 Å². The molecule has 1 rings (SSSR count). The second-order valence-corrected chi connectivity index (χ2v) is 29.2. The molecule has 0 aromatic carbocycles. The Morgan fingerprint density at radius 3 is 0.946 bits per heavy atom. The van der Waals surface area contributed by atoms with Gasteiger partial charge in [0, 0.05) is 40.5 Å². The molecule has 1 aliphatic rings. The molecule has 0 bridgehead atoms. The van der Waals surface area contributed by atoms with Gasteiger partial charge in [0.15, 0.2) is 9.84 Å². The monoisotopic (exact) mass is 863 g/mol. The van der Waals surface area contributed by atoms with Crippen LogP contribution in [0.2, 0.25) is 0 Å². The zero-order valence-electron chi connectivity index (χ0n) is 44.1. The summed E-state index contributed by atoms with van der Waals surface area (Å²) in [5.41, 5.74) is 0.889. The molecule has 6 nitrogen and oxygen atoms in total. The molecule has 1 N–H and O–H groups in total. The number of nitrogens with zero attached hydrogens (tertiary/aromatic N) is 2. The van der Waals surface area contributed by atoms with Crippen LogP contribution in [0.15, 0.2) is 0 Å². The van der Waals surface area contributed by atoms with Crippen molar-refractivity contribution in [1.29, 1.82) is 5.26 Å². The summed E-state index contributed by atoms with van der Waals surface area (Å²) in [5, 5.41) is 16.6. The van der Waals surface area contributed by atoms with Gasteiger partial charge < -0.3 is 9.84 Å². The van der Waals surface area contributed by atoms with E-state index in [9.17, 15) is 8.42 Å². The summed E-state index contributed by atoms with van der Waals surface area (Å²) < 4.78 is 26.1. The first-order valence-electron chi connectivity index (χ1n) is 20.6. The summed E-state index contributed by atoms with van der Waals surface area (Å²) in [6, 6.07) is 2.10. The quantitative estimate of drug-likeness (QED) is 0.243. The third-order valence-corrected chi connectivity index (χ3v) is 8.90. The van der Waals surface area contributed by atoms with Crippen LogP contribution < -0.4 is 0 Å². The predicted molar refractivity (Wildman–Crippen MR) is 263 cm³/mol. The Hall–Kier alpha value is -0.0400. The van der Waals surface area contributed by atoms with Gasteiger partial charge in [0.2, 0.25) is 0 Å². The number of thioether (sulfide) groups is 1. The molecule has 1 fully saturated rings. The highest BCUT2D eigenvalue weighted by atomic mass is 35.5. The summed E-state index contributed by atoms with van der Waals surface area (Å²) in [7, 11) is -1.13. The molecule has 348 valence electrons. The fourth-order valence-corrected chi connectivity index (χ4v) is 1.56. The number of rotatable bonds is 0. The number of hydrogen-bond donors (Lipinski definition) is 1. The molecule has 1 aliphatic heterocycles. The van der Waals surface area contributed by atoms with E-state index in [1.54, 1.807) is 27.9 Å². The van der Waals surface area contributed by atoms with Crippen LogP contribution in [0.1, 0.15) is 213 Å². The van der Waals surface area contributed by atoms with Crippen LogP contribution in [-0.4, -0.2) is 83.3 Å². The third-order valence-electron chi connectivity index (χ3n) is 5.45. The highest BCUT2D eigenvalue weighted by Crippen LogP contribution is 2.19. The van der Waals surface area contributed by atoms with Crippen molar-refractivity contribution < 1.29 is 18.3 Å². The topological polar surface area (TPSA) is 90.6 Å². The van der Waals surface area contributed by atoms with Gasteiger partial charge >= 0.3 is 0 Å². The fraction of sp³-hybridized carbons (Fsp3) is 0.979. The maximum atomic E-state index is 10.7. The number of ether oxygens (including phenoxy) is 1. The molecule has 0 unspecified atom stereocenters. The van der Waals surface area contributed by atoms with Crippen LogP contribution in [0.4, 0.5) is 0 Å². The van der Waals surface area contributed by atoms with E-state index in [4.69, 9.17) is 26.7 Å². The van der Waals surface area contributed by atoms with Crippen LogP contribution in [0.25, 0.3) is 0 Å². The number of sulfone groups is 1. The second kappa shape index (κ2) is 33.7. The van der Waals surface area contributed by atoms with Crippen LogP contribution in [0.5, 0.6) is 0 Å². The molecule has 0 aromatic rings. The van der Waals surface area contributed by atoms with Crippen LogP contribution in [0, 0.1) is 33.5 Å². The van der Waals surface area contributed by atoms with Crippen molar-refractivity contribution in [2.24, 2.45) is 22.2 Å². The lowest BCUT2D eigenvalue weighted by Gasteiger charge is -2.38. The van der Waals surface area contributed by atoms with Crippen molar-refractivity contribution in [3.05, 3.63) is 0 Å².